The predicted molar refractivity (Wildman–Crippen MR) is 89.8 cm³/mol. The Hall–Kier alpha value is -3.02. The molecule has 0 aliphatic carbocycles. The summed E-state index contributed by atoms with van der Waals surface area (Å²) in [6.07, 6.45) is 1.56. The summed E-state index contributed by atoms with van der Waals surface area (Å²) in [7, 11) is 1.59. The maximum atomic E-state index is 12.3. The molecule has 0 fully saturated rings. The van der Waals surface area contributed by atoms with Crippen LogP contribution in [0.25, 0.3) is 10.9 Å². The summed E-state index contributed by atoms with van der Waals surface area (Å²) in [6, 6.07) is 10.8. The molecule has 1 aromatic carbocycles. The quantitative estimate of drug-likeness (QED) is 0.782. The average Bonchev–Trinajstić information content (AvgIpc) is 3.07. The maximum Gasteiger partial charge on any atom is 0.253 e. The third kappa shape index (κ3) is 3.32. The minimum Gasteiger partial charge on any atom is -0.497 e. The average molecular weight is 326 g/mol. The van der Waals surface area contributed by atoms with Crippen molar-refractivity contribution in [2.75, 3.05) is 7.11 Å². The van der Waals surface area contributed by atoms with Gasteiger partial charge in [-0.1, -0.05) is 0 Å². The number of methoxy groups -OCH3 is 1. The number of furan rings is 1. The van der Waals surface area contributed by atoms with Crippen LogP contribution in [0, 0.1) is 0 Å². The number of ether oxygens (including phenoxy) is 1. The van der Waals surface area contributed by atoms with Gasteiger partial charge in [0.25, 0.3) is 5.56 Å². The van der Waals surface area contributed by atoms with Gasteiger partial charge in [-0.3, -0.25) is 9.59 Å². The van der Waals surface area contributed by atoms with Gasteiger partial charge in [0.1, 0.15) is 11.5 Å². The molecule has 0 radical (unpaired) electrons. The number of hydrogen-bond donors (Lipinski definition) is 1. The molecule has 1 N–H and O–H groups in total. The van der Waals surface area contributed by atoms with Crippen LogP contribution in [-0.2, 0) is 17.9 Å². The van der Waals surface area contributed by atoms with E-state index in [1.54, 1.807) is 48.6 Å². The van der Waals surface area contributed by atoms with E-state index >= 15 is 0 Å². The van der Waals surface area contributed by atoms with Crippen molar-refractivity contribution in [1.82, 2.24) is 9.88 Å². The van der Waals surface area contributed by atoms with E-state index in [9.17, 15) is 9.59 Å². The Balaban J connectivity index is 1.93. The number of benzene rings is 1. The van der Waals surface area contributed by atoms with Gasteiger partial charge < -0.3 is 19.0 Å². The van der Waals surface area contributed by atoms with Gasteiger partial charge in [0.15, 0.2) is 0 Å². The summed E-state index contributed by atoms with van der Waals surface area (Å²) in [6.45, 7) is 2.00. The number of pyridine rings is 1. The van der Waals surface area contributed by atoms with Crippen LogP contribution in [0.15, 0.2) is 51.9 Å². The van der Waals surface area contributed by atoms with Gasteiger partial charge in [-0.15, -0.1) is 0 Å². The first-order chi connectivity index (χ1) is 11.6. The van der Waals surface area contributed by atoms with Gasteiger partial charge in [-0.2, -0.15) is 0 Å². The van der Waals surface area contributed by atoms with Crippen LogP contribution in [0.2, 0.25) is 0 Å². The van der Waals surface area contributed by atoms with E-state index in [1.807, 2.05) is 6.07 Å². The Morgan fingerprint density at radius 3 is 2.75 bits per heavy atom. The summed E-state index contributed by atoms with van der Waals surface area (Å²) in [5.41, 5.74) is 1.03. The fraction of sp³-hybridized carbons (Fsp3) is 0.222. The van der Waals surface area contributed by atoms with E-state index in [4.69, 9.17) is 9.15 Å². The van der Waals surface area contributed by atoms with Gasteiger partial charge >= 0.3 is 0 Å². The first kappa shape index (κ1) is 15.9. The lowest BCUT2D eigenvalue weighted by Crippen LogP contribution is -2.30. The molecule has 3 rings (SSSR count). The number of H-pyrrole nitrogens is 1. The highest BCUT2D eigenvalue weighted by Gasteiger charge is 2.14. The summed E-state index contributed by atoms with van der Waals surface area (Å²) >= 11 is 0. The van der Waals surface area contributed by atoms with Crippen LogP contribution >= 0.6 is 0 Å². The molecule has 0 atom stereocenters. The lowest BCUT2D eigenvalue weighted by atomic mass is 10.1. The van der Waals surface area contributed by atoms with E-state index in [0.717, 1.165) is 10.9 Å². The maximum absolute atomic E-state index is 12.3. The van der Waals surface area contributed by atoms with Gasteiger partial charge in [0.2, 0.25) is 5.91 Å². The van der Waals surface area contributed by atoms with Crippen molar-refractivity contribution in [2.45, 2.75) is 20.0 Å². The van der Waals surface area contributed by atoms with Crippen LogP contribution in [0.4, 0.5) is 0 Å². The molecule has 1 amide bonds. The van der Waals surface area contributed by atoms with Crippen molar-refractivity contribution >= 4 is 16.8 Å². The highest BCUT2D eigenvalue weighted by molar-refractivity contribution is 5.80. The smallest absolute Gasteiger partial charge is 0.253 e. The SMILES string of the molecule is COc1ccc2[nH]c(=O)c(CN(Cc3ccco3)C(C)=O)cc2c1. The van der Waals surface area contributed by atoms with E-state index in [2.05, 4.69) is 4.98 Å². The second-order valence-corrected chi connectivity index (χ2v) is 5.53. The number of nitrogens with one attached hydrogen (secondary N) is 1. The van der Waals surface area contributed by atoms with Crippen LogP contribution in [0.3, 0.4) is 0 Å². The second-order valence-electron chi connectivity index (χ2n) is 5.53. The lowest BCUT2D eigenvalue weighted by molar-refractivity contribution is -0.130. The minimum atomic E-state index is -0.210. The van der Waals surface area contributed by atoms with E-state index in [1.165, 1.54) is 6.92 Å². The molecule has 124 valence electrons. The summed E-state index contributed by atoms with van der Waals surface area (Å²) < 4.78 is 10.5. The van der Waals surface area contributed by atoms with Crippen LogP contribution in [-0.4, -0.2) is 22.9 Å². The topological polar surface area (TPSA) is 75.5 Å². The zero-order valence-electron chi connectivity index (χ0n) is 13.5. The Morgan fingerprint density at radius 2 is 2.08 bits per heavy atom. The van der Waals surface area contributed by atoms with Crippen LogP contribution in [0.5, 0.6) is 5.75 Å². The van der Waals surface area contributed by atoms with Crippen molar-refractivity contribution in [1.29, 1.82) is 0 Å². The molecular weight excluding hydrogens is 308 g/mol. The lowest BCUT2D eigenvalue weighted by Gasteiger charge is -2.19. The van der Waals surface area contributed by atoms with Crippen LogP contribution in [0.1, 0.15) is 18.2 Å². The first-order valence-corrected chi connectivity index (χ1v) is 7.54. The Bertz CT molecular complexity index is 912. The standard InChI is InChI=1S/C18H18N2O4/c1-12(21)20(11-16-4-3-7-24-16)10-14-8-13-9-15(23-2)5-6-17(13)19-18(14)22/h3-9H,10-11H2,1-2H3,(H,19,22). The zero-order valence-corrected chi connectivity index (χ0v) is 13.5. The first-order valence-electron chi connectivity index (χ1n) is 7.54. The predicted octanol–water partition coefficient (Wildman–Crippen LogP) is 2.68. The molecule has 24 heavy (non-hydrogen) atoms. The summed E-state index contributed by atoms with van der Waals surface area (Å²) in [5, 5.41) is 0.852. The number of aromatic nitrogens is 1. The van der Waals surface area contributed by atoms with E-state index < -0.39 is 0 Å². The summed E-state index contributed by atoms with van der Waals surface area (Å²) in [4.78, 5) is 28.6. The Kier molecular flexibility index (Phi) is 4.37. The third-order valence-electron chi connectivity index (χ3n) is 3.86. The van der Waals surface area contributed by atoms with Crippen molar-refractivity contribution < 1.29 is 13.9 Å². The van der Waals surface area contributed by atoms with E-state index in [-0.39, 0.29) is 18.0 Å². The number of nitrogens with zero attached hydrogens (tertiary/aromatic N) is 1. The number of carbonyl (C=O) groups excluding carboxylic acids is 1. The monoisotopic (exact) mass is 326 g/mol. The number of amides is 1. The molecule has 0 unspecified atom stereocenters. The van der Waals surface area contributed by atoms with Crippen molar-refractivity contribution in [3.8, 4) is 5.75 Å². The molecule has 2 heterocycles. The normalized spacial score (nSPS) is 10.8. The van der Waals surface area contributed by atoms with Crippen molar-refractivity contribution in [3.63, 3.8) is 0 Å². The van der Waals surface area contributed by atoms with Gasteiger partial charge in [0.05, 0.1) is 26.5 Å². The third-order valence-corrected chi connectivity index (χ3v) is 3.86. The molecule has 0 saturated heterocycles. The fourth-order valence-corrected chi connectivity index (χ4v) is 2.55. The molecule has 0 bridgehead atoms. The molecule has 6 heteroatoms. The highest BCUT2D eigenvalue weighted by Crippen LogP contribution is 2.19. The van der Waals surface area contributed by atoms with Gasteiger partial charge in [-0.25, -0.2) is 0 Å². The van der Waals surface area contributed by atoms with Crippen molar-refractivity contribution in [3.05, 3.63) is 64.3 Å². The highest BCUT2D eigenvalue weighted by atomic mass is 16.5. The van der Waals surface area contributed by atoms with Gasteiger partial charge in [0, 0.05) is 23.4 Å². The fourth-order valence-electron chi connectivity index (χ4n) is 2.55. The second kappa shape index (κ2) is 6.62. The minimum absolute atomic E-state index is 0.128. The number of hydrogen-bond acceptors (Lipinski definition) is 4. The van der Waals surface area contributed by atoms with Gasteiger partial charge in [-0.05, 0) is 36.4 Å². The number of carbonyl (C=O) groups is 1. The molecule has 0 spiro atoms. The molecular formula is C18H18N2O4. The molecule has 6 nitrogen and oxygen atoms in total. The molecule has 0 saturated carbocycles. The number of fused-ring (bicyclic) bond motifs is 1. The zero-order chi connectivity index (χ0) is 17.1. The molecule has 3 aromatic rings. The van der Waals surface area contributed by atoms with E-state index in [0.29, 0.717) is 23.6 Å². The largest absolute Gasteiger partial charge is 0.497 e. The summed E-state index contributed by atoms with van der Waals surface area (Å²) in [5.74, 6) is 1.25. The molecule has 0 aliphatic heterocycles. The Morgan fingerprint density at radius 1 is 1.25 bits per heavy atom. The molecule has 2 aromatic heterocycles. The Labute approximate surface area is 138 Å². The van der Waals surface area contributed by atoms with Crippen LogP contribution < -0.4 is 10.3 Å². The number of aromatic amines is 1. The number of rotatable bonds is 5. The van der Waals surface area contributed by atoms with Crippen molar-refractivity contribution in [2.24, 2.45) is 0 Å². The molecule has 0 aliphatic rings.